The van der Waals surface area contributed by atoms with Crippen molar-refractivity contribution < 1.29 is 23.8 Å². The Labute approximate surface area is 150 Å². The molecular weight excluding hydrogens is 338 g/mol. The van der Waals surface area contributed by atoms with E-state index in [-0.39, 0.29) is 12.5 Å². The second-order valence-electron chi connectivity index (χ2n) is 5.09. The summed E-state index contributed by atoms with van der Waals surface area (Å²) in [6.07, 6.45) is 1.46. The number of methoxy groups -OCH3 is 2. The normalized spacial score (nSPS) is 10.4. The summed E-state index contributed by atoms with van der Waals surface area (Å²) in [6.45, 7) is -0.248. The summed E-state index contributed by atoms with van der Waals surface area (Å²) in [5, 5.41) is 3.91. The van der Waals surface area contributed by atoms with Gasteiger partial charge in [-0.1, -0.05) is 0 Å². The van der Waals surface area contributed by atoms with E-state index in [4.69, 9.17) is 19.9 Å². The van der Waals surface area contributed by atoms with Gasteiger partial charge in [0.1, 0.15) is 5.75 Å². The topological polar surface area (TPSA) is 112 Å². The summed E-state index contributed by atoms with van der Waals surface area (Å²) in [5.74, 6) is 0.523. The van der Waals surface area contributed by atoms with E-state index in [1.807, 2.05) is 0 Å². The van der Waals surface area contributed by atoms with Crippen molar-refractivity contribution in [3.8, 4) is 17.2 Å². The highest BCUT2D eigenvalue weighted by atomic mass is 16.5. The van der Waals surface area contributed by atoms with Gasteiger partial charge in [-0.05, 0) is 48.0 Å². The van der Waals surface area contributed by atoms with Crippen molar-refractivity contribution in [3.05, 3.63) is 53.6 Å². The number of ether oxygens (including phenoxy) is 3. The molecule has 8 heteroatoms. The van der Waals surface area contributed by atoms with Crippen LogP contribution in [0.5, 0.6) is 17.2 Å². The predicted molar refractivity (Wildman–Crippen MR) is 95.7 cm³/mol. The van der Waals surface area contributed by atoms with Crippen molar-refractivity contribution in [3.63, 3.8) is 0 Å². The highest BCUT2D eigenvalue weighted by molar-refractivity contribution is 5.95. The fourth-order valence-corrected chi connectivity index (χ4v) is 2.00. The zero-order chi connectivity index (χ0) is 18.9. The lowest BCUT2D eigenvalue weighted by Crippen LogP contribution is -2.20. The van der Waals surface area contributed by atoms with Gasteiger partial charge in [0.2, 0.25) is 0 Å². The minimum atomic E-state index is -0.584. The monoisotopic (exact) mass is 357 g/mol. The van der Waals surface area contributed by atoms with E-state index in [0.717, 1.165) is 0 Å². The van der Waals surface area contributed by atoms with Gasteiger partial charge in [0.05, 0.1) is 20.4 Å². The number of rotatable bonds is 8. The third-order valence-corrected chi connectivity index (χ3v) is 3.29. The Kier molecular flexibility index (Phi) is 6.55. The number of primary amides is 1. The molecule has 0 aliphatic rings. The highest BCUT2D eigenvalue weighted by Gasteiger charge is 2.07. The zero-order valence-electron chi connectivity index (χ0n) is 14.4. The molecule has 8 nitrogen and oxygen atoms in total. The molecule has 3 N–H and O–H groups in total. The van der Waals surface area contributed by atoms with Crippen LogP contribution in [-0.2, 0) is 4.79 Å². The minimum Gasteiger partial charge on any atom is -0.497 e. The van der Waals surface area contributed by atoms with E-state index in [0.29, 0.717) is 28.4 Å². The molecule has 0 heterocycles. The molecule has 26 heavy (non-hydrogen) atoms. The molecule has 0 radical (unpaired) electrons. The number of nitrogens with zero attached hydrogens (tertiary/aromatic N) is 1. The van der Waals surface area contributed by atoms with Gasteiger partial charge < -0.3 is 19.9 Å². The number of carbonyl (C=O) groups excluding carboxylic acids is 2. The number of hydrogen-bond donors (Lipinski definition) is 2. The molecule has 0 fully saturated rings. The van der Waals surface area contributed by atoms with Crippen LogP contribution in [0.1, 0.15) is 15.9 Å². The lowest BCUT2D eigenvalue weighted by Gasteiger charge is -2.09. The first kappa shape index (κ1) is 18.8. The number of benzene rings is 2. The van der Waals surface area contributed by atoms with Crippen LogP contribution < -0.4 is 25.4 Å². The first-order chi connectivity index (χ1) is 12.5. The van der Waals surface area contributed by atoms with Crippen molar-refractivity contribution in [1.82, 2.24) is 5.43 Å². The number of nitrogens with two attached hydrogens (primary N) is 1. The molecule has 0 saturated carbocycles. The first-order valence-corrected chi connectivity index (χ1v) is 7.60. The van der Waals surface area contributed by atoms with Crippen LogP contribution in [0.4, 0.5) is 0 Å². The van der Waals surface area contributed by atoms with Crippen LogP contribution >= 0.6 is 0 Å². The lowest BCUT2D eigenvalue weighted by atomic mass is 10.2. The number of hydrazone groups is 1. The van der Waals surface area contributed by atoms with E-state index in [1.54, 1.807) is 49.6 Å². The van der Waals surface area contributed by atoms with Gasteiger partial charge in [0.25, 0.3) is 11.8 Å². The quantitative estimate of drug-likeness (QED) is 0.547. The fourth-order valence-electron chi connectivity index (χ4n) is 2.00. The van der Waals surface area contributed by atoms with Gasteiger partial charge in [-0.3, -0.25) is 9.59 Å². The van der Waals surface area contributed by atoms with Crippen LogP contribution in [0, 0.1) is 0 Å². The molecular formula is C18H19N3O5. The van der Waals surface area contributed by atoms with E-state index in [9.17, 15) is 9.59 Å². The van der Waals surface area contributed by atoms with Gasteiger partial charge in [-0.2, -0.15) is 5.10 Å². The maximum Gasteiger partial charge on any atom is 0.271 e. The van der Waals surface area contributed by atoms with Crippen LogP contribution in [0.25, 0.3) is 0 Å². The van der Waals surface area contributed by atoms with Crippen LogP contribution in [-0.4, -0.2) is 38.9 Å². The number of amides is 2. The average Bonchev–Trinajstić information content (AvgIpc) is 2.66. The first-order valence-electron chi connectivity index (χ1n) is 7.60. The Balaban J connectivity index is 2.00. The molecule has 0 aromatic heterocycles. The molecule has 2 aromatic carbocycles. The smallest absolute Gasteiger partial charge is 0.271 e. The second-order valence-corrected chi connectivity index (χ2v) is 5.09. The molecule has 0 bridgehead atoms. The van der Waals surface area contributed by atoms with E-state index < -0.39 is 5.91 Å². The van der Waals surface area contributed by atoms with Crippen molar-refractivity contribution in [2.45, 2.75) is 0 Å². The summed E-state index contributed by atoms with van der Waals surface area (Å²) in [5.41, 5.74) is 8.60. The summed E-state index contributed by atoms with van der Waals surface area (Å²) < 4.78 is 15.5. The van der Waals surface area contributed by atoms with E-state index in [2.05, 4.69) is 10.5 Å². The number of hydrogen-bond acceptors (Lipinski definition) is 6. The third kappa shape index (κ3) is 5.23. The third-order valence-electron chi connectivity index (χ3n) is 3.29. The molecule has 2 aromatic rings. The van der Waals surface area contributed by atoms with Gasteiger partial charge in [0.15, 0.2) is 18.1 Å². The zero-order valence-corrected chi connectivity index (χ0v) is 14.4. The molecule has 0 spiro atoms. The summed E-state index contributed by atoms with van der Waals surface area (Å²) in [4.78, 5) is 22.8. The Morgan fingerprint density at radius 1 is 1.08 bits per heavy atom. The van der Waals surface area contributed by atoms with E-state index >= 15 is 0 Å². The Bertz CT molecular complexity index is 803. The van der Waals surface area contributed by atoms with Gasteiger partial charge >= 0.3 is 0 Å². The van der Waals surface area contributed by atoms with Crippen LogP contribution in [0.2, 0.25) is 0 Å². The van der Waals surface area contributed by atoms with E-state index in [1.165, 1.54) is 13.3 Å². The summed E-state index contributed by atoms with van der Waals surface area (Å²) in [6, 6.07) is 11.6. The number of nitrogens with one attached hydrogen (secondary N) is 1. The number of carbonyl (C=O) groups is 2. The maximum atomic E-state index is 12.0. The second kappa shape index (κ2) is 9.07. The summed E-state index contributed by atoms with van der Waals surface area (Å²) >= 11 is 0. The van der Waals surface area contributed by atoms with Gasteiger partial charge in [-0.15, -0.1) is 0 Å². The molecule has 2 amide bonds. The fraction of sp³-hybridized carbons (Fsp3) is 0.167. The Morgan fingerprint density at radius 3 is 2.42 bits per heavy atom. The molecule has 0 atom stereocenters. The molecule has 0 aliphatic heterocycles. The van der Waals surface area contributed by atoms with Crippen molar-refractivity contribution in [2.75, 3.05) is 20.8 Å². The van der Waals surface area contributed by atoms with Gasteiger partial charge in [0, 0.05) is 5.56 Å². The molecule has 0 unspecified atom stereocenters. The SMILES string of the molecule is COc1ccc(C(=O)N/N=C/c2ccc(OCC(N)=O)c(OC)c2)cc1. The Morgan fingerprint density at radius 2 is 1.81 bits per heavy atom. The van der Waals surface area contributed by atoms with Crippen LogP contribution in [0.3, 0.4) is 0 Å². The molecule has 0 saturated heterocycles. The maximum absolute atomic E-state index is 12.0. The average molecular weight is 357 g/mol. The molecule has 0 aliphatic carbocycles. The molecule has 2 rings (SSSR count). The van der Waals surface area contributed by atoms with Crippen molar-refractivity contribution >= 4 is 18.0 Å². The predicted octanol–water partition coefficient (Wildman–Crippen LogP) is 1.33. The standard InChI is InChI=1S/C18H19N3O5/c1-24-14-6-4-13(5-7-14)18(23)21-20-10-12-3-8-15(16(9-12)25-2)26-11-17(19)22/h3-10H,11H2,1-2H3,(H2,19,22)(H,21,23)/b20-10+. The summed E-state index contributed by atoms with van der Waals surface area (Å²) in [7, 11) is 3.02. The Hall–Kier alpha value is -3.55. The largest absolute Gasteiger partial charge is 0.497 e. The van der Waals surface area contributed by atoms with Crippen molar-refractivity contribution in [2.24, 2.45) is 10.8 Å². The highest BCUT2D eigenvalue weighted by Crippen LogP contribution is 2.27. The van der Waals surface area contributed by atoms with Crippen molar-refractivity contribution in [1.29, 1.82) is 0 Å². The van der Waals surface area contributed by atoms with Crippen LogP contribution in [0.15, 0.2) is 47.6 Å². The lowest BCUT2D eigenvalue weighted by molar-refractivity contribution is -0.119. The minimum absolute atomic E-state index is 0.248. The van der Waals surface area contributed by atoms with Gasteiger partial charge in [-0.25, -0.2) is 5.43 Å². The molecule has 136 valence electrons.